The zero-order chi connectivity index (χ0) is 20.2. The van der Waals surface area contributed by atoms with E-state index >= 15 is 0 Å². The van der Waals surface area contributed by atoms with Crippen molar-refractivity contribution in [1.82, 2.24) is 15.7 Å². The van der Waals surface area contributed by atoms with Gasteiger partial charge in [-0.2, -0.15) is 0 Å². The lowest BCUT2D eigenvalue weighted by Crippen LogP contribution is -2.64. The Morgan fingerprint density at radius 2 is 1.78 bits per heavy atom. The third kappa shape index (κ3) is 4.10. The molecular weight excluding hydrogens is 350 g/mol. The number of hydrogen-bond donors (Lipinski definition) is 4. The van der Waals surface area contributed by atoms with Gasteiger partial charge in [0.15, 0.2) is 5.54 Å². The molecule has 27 heavy (non-hydrogen) atoms. The summed E-state index contributed by atoms with van der Waals surface area (Å²) in [5.41, 5.74) is 0.489. The van der Waals surface area contributed by atoms with Crippen molar-refractivity contribution in [3.63, 3.8) is 0 Å². The van der Waals surface area contributed by atoms with Crippen LogP contribution in [0.4, 0.5) is 0 Å². The Morgan fingerprint density at radius 3 is 2.26 bits per heavy atom. The maximum Gasteiger partial charge on any atom is 0.278 e. The standard InChI is InChI=1S/C19H23N3O5/c1-19(17(25)20-2,18(26)21-27)22(3)16(24)14-8-6-12(7-9-14)4-5-13-10-15(23)11-13/h6-9,13,15,23,27H,10-11H2,1-3H3,(H,20,25)(H,21,26). The van der Waals surface area contributed by atoms with Crippen LogP contribution in [0, 0.1) is 17.8 Å². The lowest BCUT2D eigenvalue weighted by molar-refractivity contribution is -0.148. The molecule has 3 amide bonds. The molecule has 8 heteroatoms. The molecule has 144 valence electrons. The molecule has 1 unspecified atom stereocenters. The van der Waals surface area contributed by atoms with E-state index in [1.807, 2.05) is 0 Å². The van der Waals surface area contributed by atoms with Crippen LogP contribution in [0.5, 0.6) is 0 Å². The highest BCUT2D eigenvalue weighted by Crippen LogP contribution is 2.26. The number of nitrogens with zero attached hydrogens (tertiary/aromatic N) is 1. The molecule has 0 aromatic heterocycles. The lowest BCUT2D eigenvalue weighted by Gasteiger charge is -2.34. The van der Waals surface area contributed by atoms with Gasteiger partial charge in [0.05, 0.1) is 6.10 Å². The Hall–Kier alpha value is -2.89. The summed E-state index contributed by atoms with van der Waals surface area (Å²) in [6.45, 7) is 1.24. The first kappa shape index (κ1) is 20.4. The number of likely N-dealkylation sites (N-methyl/N-ethyl adjacent to an activating group) is 2. The number of hydrogen-bond acceptors (Lipinski definition) is 5. The van der Waals surface area contributed by atoms with Gasteiger partial charge in [0.1, 0.15) is 0 Å². The quantitative estimate of drug-likeness (QED) is 0.254. The van der Waals surface area contributed by atoms with Crippen LogP contribution in [0.1, 0.15) is 35.7 Å². The van der Waals surface area contributed by atoms with Gasteiger partial charge in [-0.3, -0.25) is 19.6 Å². The first-order chi connectivity index (χ1) is 12.7. The number of benzene rings is 1. The molecule has 8 nitrogen and oxygen atoms in total. The van der Waals surface area contributed by atoms with E-state index in [1.165, 1.54) is 26.5 Å². The first-order valence-electron chi connectivity index (χ1n) is 8.48. The molecule has 0 spiro atoms. The minimum atomic E-state index is -1.93. The van der Waals surface area contributed by atoms with E-state index in [9.17, 15) is 19.5 Å². The maximum absolute atomic E-state index is 12.7. The molecule has 1 aromatic carbocycles. The van der Waals surface area contributed by atoms with Crippen molar-refractivity contribution >= 4 is 17.7 Å². The molecule has 2 rings (SSSR count). The predicted molar refractivity (Wildman–Crippen MR) is 96.5 cm³/mol. The van der Waals surface area contributed by atoms with Crippen molar-refractivity contribution in [3.8, 4) is 11.8 Å². The molecule has 1 aromatic rings. The summed E-state index contributed by atoms with van der Waals surface area (Å²) >= 11 is 0. The molecular formula is C19H23N3O5. The van der Waals surface area contributed by atoms with Gasteiger partial charge in [0.25, 0.3) is 17.7 Å². The van der Waals surface area contributed by atoms with Crippen LogP contribution in [0.2, 0.25) is 0 Å². The zero-order valence-corrected chi connectivity index (χ0v) is 15.4. The fourth-order valence-corrected chi connectivity index (χ4v) is 2.74. The van der Waals surface area contributed by atoms with Gasteiger partial charge in [0.2, 0.25) is 0 Å². The third-order valence-corrected chi connectivity index (χ3v) is 4.85. The number of aliphatic hydroxyl groups excluding tert-OH is 1. The number of amides is 3. The summed E-state index contributed by atoms with van der Waals surface area (Å²) < 4.78 is 0. The summed E-state index contributed by atoms with van der Waals surface area (Å²) in [7, 11) is 2.64. The van der Waals surface area contributed by atoms with Crippen molar-refractivity contribution < 1.29 is 24.7 Å². The molecule has 1 fully saturated rings. The number of carbonyl (C=O) groups excluding carboxylic acids is 3. The largest absolute Gasteiger partial charge is 0.393 e. The molecule has 0 saturated heterocycles. The zero-order valence-electron chi connectivity index (χ0n) is 15.4. The lowest BCUT2D eigenvalue weighted by atomic mass is 9.83. The molecule has 0 heterocycles. The van der Waals surface area contributed by atoms with E-state index in [1.54, 1.807) is 24.3 Å². The highest BCUT2D eigenvalue weighted by Gasteiger charge is 2.47. The van der Waals surface area contributed by atoms with Gasteiger partial charge in [-0.1, -0.05) is 11.8 Å². The van der Waals surface area contributed by atoms with Gasteiger partial charge in [0, 0.05) is 31.1 Å². The first-order valence-corrected chi connectivity index (χ1v) is 8.48. The van der Waals surface area contributed by atoms with E-state index in [-0.39, 0.29) is 17.6 Å². The van der Waals surface area contributed by atoms with Crippen LogP contribution >= 0.6 is 0 Å². The van der Waals surface area contributed by atoms with Crippen LogP contribution in [-0.2, 0) is 9.59 Å². The van der Waals surface area contributed by atoms with E-state index in [0.29, 0.717) is 12.8 Å². The predicted octanol–water partition coefficient (Wildman–Crippen LogP) is -0.109. The van der Waals surface area contributed by atoms with Crippen molar-refractivity contribution in [2.45, 2.75) is 31.4 Å². The second-order valence-electron chi connectivity index (χ2n) is 6.63. The Morgan fingerprint density at radius 1 is 1.19 bits per heavy atom. The van der Waals surface area contributed by atoms with E-state index in [0.717, 1.165) is 10.5 Å². The van der Waals surface area contributed by atoms with Crippen molar-refractivity contribution in [3.05, 3.63) is 35.4 Å². The van der Waals surface area contributed by atoms with E-state index in [2.05, 4.69) is 17.2 Å². The highest BCUT2D eigenvalue weighted by atomic mass is 16.5. The summed E-state index contributed by atoms with van der Waals surface area (Å²) in [6, 6.07) is 6.46. The van der Waals surface area contributed by atoms with Crippen LogP contribution < -0.4 is 10.8 Å². The average molecular weight is 373 g/mol. The Balaban J connectivity index is 2.18. The van der Waals surface area contributed by atoms with Crippen LogP contribution in [0.25, 0.3) is 0 Å². The van der Waals surface area contributed by atoms with Crippen LogP contribution in [-0.4, -0.2) is 58.7 Å². The molecule has 1 atom stereocenters. The smallest absolute Gasteiger partial charge is 0.278 e. The topological polar surface area (TPSA) is 119 Å². The molecule has 1 aliphatic carbocycles. The molecule has 4 N–H and O–H groups in total. The fraction of sp³-hybridized carbons (Fsp3) is 0.421. The summed E-state index contributed by atoms with van der Waals surface area (Å²) in [4.78, 5) is 37.9. The van der Waals surface area contributed by atoms with Gasteiger partial charge in [-0.15, -0.1) is 0 Å². The number of hydroxylamine groups is 1. The SMILES string of the molecule is CNC(=O)C(C)(C(=O)NO)N(C)C(=O)c1ccc(C#CC2CC(O)C2)cc1. The third-order valence-electron chi connectivity index (χ3n) is 4.85. The minimum absolute atomic E-state index is 0.192. The molecule has 1 saturated carbocycles. The van der Waals surface area contributed by atoms with Gasteiger partial charge in [-0.25, -0.2) is 5.48 Å². The van der Waals surface area contributed by atoms with Gasteiger partial charge < -0.3 is 15.3 Å². The monoisotopic (exact) mass is 373 g/mol. The molecule has 0 bridgehead atoms. The second kappa shape index (κ2) is 8.20. The minimum Gasteiger partial charge on any atom is -0.393 e. The van der Waals surface area contributed by atoms with E-state index < -0.39 is 23.3 Å². The van der Waals surface area contributed by atoms with Crippen molar-refractivity contribution in [2.24, 2.45) is 5.92 Å². The average Bonchev–Trinajstić information content (AvgIpc) is 2.67. The number of aliphatic hydroxyl groups is 1. The normalized spacial score (nSPS) is 20.2. The fourth-order valence-electron chi connectivity index (χ4n) is 2.74. The Bertz CT molecular complexity index is 772. The molecule has 0 aliphatic heterocycles. The summed E-state index contributed by atoms with van der Waals surface area (Å²) in [6.07, 6.45) is 1.10. The molecule has 0 radical (unpaired) electrons. The molecule has 1 aliphatic rings. The highest BCUT2D eigenvalue weighted by molar-refractivity contribution is 6.12. The summed E-state index contributed by atoms with van der Waals surface area (Å²) in [5, 5.41) is 20.5. The number of nitrogens with one attached hydrogen (secondary N) is 2. The Labute approximate surface area is 157 Å². The van der Waals surface area contributed by atoms with Gasteiger partial charge in [-0.05, 0) is 44.0 Å². The van der Waals surface area contributed by atoms with Crippen LogP contribution in [0.3, 0.4) is 0 Å². The van der Waals surface area contributed by atoms with Crippen molar-refractivity contribution in [2.75, 3.05) is 14.1 Å². The van der Waals surface area contributed by atoms with Gasteiger partial charge >= 0.3 is 0 Å². The number of rotatable bonds is 4. The second-order valence-corrected chi connectivity index (χ2v) is 6.63. The summed E-state index contributed by atoms with van der Waals surface area (Å²) in [5.74, 6) is 3.93. The Kier molecular flexibility index (Phi) is 6.20. The van der Waals surface area contributed by atoms with Crippen LogP contribution in [0.15, 0.2) is 24.3 Å². The van der Waals surface area contributed by atoms with Crippen molar-refractivity contribution in [1.29, 1.82) is 0 Å². The van der Waals surface area contributed by atoms with E-state index in [4.69, 9.17) is 5.21 Å². The maximum atomic E-state index is 12.7. The number of carbonyl (C=O) groups is 3.